The first-order chi connectivity index (χ1) is 26.9. The van der Waals surface area contributed by atoms with E-state index < -0.39 is 5.97 Å². The number of hydrogen-bond acceptors (Lipinski definition) is 10. The SMILES string of the molecule is CCOC(=O)/C=C/c1cn(Cc2ccc(OCc3nc(-c4ccccc4)oc3C)cc2)nc1OCc1ccc(OCc2nc(-c3ccccc3)oc2C)cc1. The number of nitrogens with zero attached hydrogens (tertiary/aromatic N) is 4. The summed E-state index contributed by atoms with van der Waals surface area (Å²) in [6, 6.07) is 35.0. The smallest absolute Gasteiger partial charge is 0.330 e. The summed E-state index contributed by atoms with van der Waals surface area (Å²) < 4.78 is 36.8. The van der Waals surface area contributed by atoms with Crippen LogP contribution in [-0.4, -0.2) is 32.3 Å². The molecule has 0 aliphatic carbocycles. The van der Waals surface area contributed by atoms with Gasteiger partial charge in [-0.3, -0.25) is 4.68 Å². The van der Waals surface area contributed by atoms with Gasteiger partial charge < -0.3 is 27.8 Å². The van der Waals surface area contributed by atoms with E-state index in [1.807, 2.05) is 129 Å². The van der Waals surface area contributed by atoms with E-state index in [1.54, 1.807) is 17.7 Å². The molecule has 0 saturated carbocycles. The van der Waals surface area contributed by atoms with Crippen molar-refractivity contribution in [1.29, 1.82) is 0 Å². The summed E-state index contributed by atoms with van der Waals surface area (Å²) in [7, 11) is 0. The Hall–Kier alpha value is -6.88. The average molecular weight is 737 g/mol. The van der Waals surface area contributed by atoms with Crippen LogP contribution in [0.25, 0.3) is 29.0 Å². The second-order valence-corrected chi connectivity index (χ2v) is 12.6. The molecule has 11 heteroatoms. The number of ether oxygens (including phenoxy) is 4. The number of aromatic nitrogens is 4. The maximum absolute atomic E-state index is 12.1. The lowest BCUT2D eigenvalue weighted by atomic mass is 10.2. The van der Waals surface area contributed by atoms with Gasteiger partial charge in [-0.2, -0.15) is 0 Å². The van der Waals surface area contributed by atoms with Gasteiger partial charge in [0, 0.05) is 23.4 Å². The molecule has 0 aliphatic rings. The Balaban J connectivity index is 0.958. The van der Waals surface area contributed by atoms with Crippen LogP contribution in [0.5, 0.6) is 17.4 Å². The zero-order chi connectivity index (χ0) is 38.0. The van der Waals surface area contributed by atoms with Crippen LogP contribution in [0, 0.1) is 13.8 Å². The number of oxazole rings is 2. The van der Waals surface area contributed by atoms with Crippen molar-refractivity contribution in [3.63, 3.8) is 0 Å². The highest BCUT2D eigenvalue weighted by Crippen LogP contribution is 2.26. The average Bonchev–Trinajstić information content (AvgIpc) is 3.91. The molecule has 0 N–H and O–H groups in total. The first-order valence-corrected chi connectivity index (χ1v) is 17.9. The topological polar surface area (TPSA) is 124 Å². The Labute approximate surface area is 318 Å². The van der Waals surface area contributed by atoms with Crippen molar-refractivity contribution in [2.75, 3.05) is 6.61 Å². The number of esters is 1. The Morgan fingerprint density at radius 2 is 1.20 bits per heavy atom. The lowest BCUT2D eigenvalue weighted by molar-refractivity contribution is -0.137. The largest absolute Gasteiger partial charge is 0.487 e. The Morgan fingerprint density at radius 1 is 0.673 bits per heavy atom. The fourth-order valence-corrected chi connectivity index (χ4v) is 5.62. The number of aryl methyl sites for hydroxylation is 2. The number of carbonyl (C=O) groups is 1. The van der Waals surface area contributed by atoms with Crippen molar-refractivity contribution in [2.24, 2.45) is 0 Å². The Morgan fingerprint density at radius 3 is 1.73 bits per heavy atom. The van der Waals surface area contributed by atoms with Crippen molar-refractivity contribution < 1.29 is 32.6 Å². The highest BCUT2D eigenvalue weighted by molar-refractivity contribution is 5.87. The quantitative estimate of drug-likeness (QED) is 0.0701. The minimum absolute atomic E-state index is 0.254. The summed E-state index contributed by atoms with van der Waals surface area (Å²) in [5.41, 5.74) is 5.88. The van der Waals surface area contributed by atoms with Gasteiger partial charge in [-0.15, -0.1) is 5.10 Å². The second-order valence-electron chi connectivity index (χ2n) is 12.6. The molecule has 0 fully saturated rings. The molecule has 55 heavy (non-hydrogen) atoms. The van der Waals surface area contributed by atoms with E-state index in [0.29, 0.717) is 47.0 Å². The summed E-state index contributed by atoms with van der Waals surface area (Å²) in [6.07, 6.45) is 4.85. The van der Waals surface area contributed by atoms with Gasteiger partial charge in [-0.1, -0.05) is 60.7 Å². The van der Waals surface area contributed by atoms with Crippen molar-refractivity contribution in [1.82, 2.24) is 19.7 Å². The van der Waals surface area contributed by atoms with Crippen LogP contribution >= 0.6 is 0 Å². The molecule has 11 nitrogen and oxygen atoms in total. The molecule has 7 aromatic rings. The summed E-state index contributed by atoms with van der Waals surface area (Å²) >= 11 is 0. The van der Waals surface area contributed by atoms with Crippen molar-refractivity contribution >= 4 is 12.0 Å². The molecule has 7 rings (SSSR count). The third-order valence-corrected chi connectivity index (χ3v) is 8.58. The monoisotopic (exact) mass is 736 g/mol. The van der Waals surface area contributed by atoms with E-state index in [1.165, 1.54) is 6.08 Å². The molecular formula is C44H40N4O7. The van der Waals surface area contributed by atoms with Crippen LogP contribution in [0.3, 0.4) is 0 Å². The number of hydrogen-bond donors (Lipinski definition) is 0. The zero-order valence-electron chi connectivity index (χ0n) is 30.8. The van der Waals surface area contributed by atoms with E-state index in [4.69, 9.17) is 32.9 Å². The summed E-state index contributed by atoms with van der Waals surface area (Å²) in [5.74, 6) is 3.91. The molecule has 0 bridgehead atoms. The minimum atomic E-state index is -0.443. The van der Waals surface area contributed by atoms with E-state index >= 15 is 0 Å². The molecule has 0 atom stereocenters. The molecule has 0 amide bonds. The van der Waals surface area contributed by atoms with Gasteiger partial charge in [0.1, 0.15) is 54.2 Å². The zero-order valence-corrected chi connectivity index (χ0v) is 30.8. The third-order valence-electron chi connectivity index (χ3n) is 8.58. The predicted molar refractivity (Wildman–Crippen MR) is 206 cm³/mol. The molecular weight excluding hydrogens is 697 g/mol. The second kappa shape index (κ2) is 17.3. The molecule has 4 aromatic carbocycles. The van der Waals surface area contributed by atoms with Crippen LogP contribution < -0.4 is 14.2 Å². The van der Waals surface area contributed by atoms with Crippen molar-refractivity contribution in [3.05, 3.63) is 161 Å². The number of rotatable bonds is 16. The van der Waals surface area contributed by atoms with Gasteiger partial charge in [0.05, 0.1) is 18.7 Å². The fourth-order valence-electron chi connectivity index (χ4n) is 5.62. The highest BCUT2D eigenvalue weighted by atomic mass is 16.5. The summed E-state index contributed by atoms with van der Waals surface area (Å²) in [5, 5.41) is 4.69. The van der Waals surface area contributed by atoms with Crippen LogP contribution in [0.2, 0.25) is 0 Å². The molecule has 0 saturated heterocycles. The van der Waals surface area contributed by atoms with E-state index in [2.05, 4.69) is 9.97 Å². The molecule has 0 spiro atoms. The summed E-state index contributed by atoms with van der Waals surface area (Å²) in [4.78, 5) is 21.3. The van der Waals surface area contributed by atoms with Gasteiger partial charge >= 0.3 is 5.97 Å². The Bertz CT molecular complexity index is 2340. The molecule has 0 unspecified atom stereocenters. The highest BCUT2D eigenvalue weighted by Gasteiger charge is 2.15. The molecule has 0 aliphatic heterocycles. The maximum atomic E-state index is 12.1. The first kappa shape index (κ1) is 36.5. The van der Waals surface area contributed by atoms with Crippen LogP contribution in [0.1, 0.15) is 46.5 Å². The van der Waals surface area contributed by atoms with E-state index in [0.717, 1.165) is 39.4 Å². The number of benzene rings is 4. The third kappa shape index (κ3) is 9.57. The predicted octanol–water partition coefficient (Wildman–Crippen LogP) is 9.17. The van der Waals surface area contributed by atoms with Crippen LogP contribution in [-0.2, 0) is 35.9 Å². The fraction of sp³-hybridized carbons (Fsp3) is 0.182. The van der Waals surface area contributed by atoms with Gasteiger partial charge in [-0.25, -0.2) is 14.8 Å². The Kier molecular flexibility index (Phi) is 11.5. The van der Waals surface area contributed by atoms with Gasteiger partial charge in [0.2, 0.25) is 17.7 Å². The van der Waals surface area contributed by atoms with Gasteiger partial charge in [-0.05, 0) is 86.5 Å². The maximum Gasteiger partial charge on any atom is 0.330 e. The van der Waals surface area contributed by atoms with Gasteiger partial charge in [0.25, 0.3) is 0 Å². The minimum Gasteiger partial charge on any atom is -0.487 e. The number of carbonyl (C=O) groups excluding carboxylic acids is 1. The van der Waals surface area contributed by atoms with Crippen LogP contribution in [0.4, 0.5) is 0 Å². The lowest BCUT2D eigenvalue weighted by Gasteiger charge is -2.08. The molecule has 3 aromatic heterocycles. The first-order valence-electron chi connectivity index (χ1n) is 17.9. The molecule has 0 radical (unpaired) electrons. The normalized spacial score (nSPS) is 11.2. The lowest BCUT2D eigenvalue weighted by Crippen LogP contribution is -2.02. The van der Waals surface area contributed by atoms with Crippen molar-refractivity contribution in [2.45, 2.75) is 47.1 Å². The van der Waals surface area contributed by atoms with Gasteiger partial charge in [0.15, 0.2) is 0 Å². The van der Waals surface area contributed by atoms with Crippen molar-refractivity contribution in [3.8, 4) is 40.3 Å². The standard InChI is InChI=1S/C44H40N4O7/c1-4-50-41(49)24-19-36-26-48(25-32-15-20-37(21-16-32)51-28-39-30(2)54-42(45-39)34-11-7-5-8-12-34)47-44(36)53-27-33-17-22-38(23-18-33)52-29-40-31(3)55-43(46-40)35-13-9-6-10-14-35/h5-24,26H,4,25,27-29H2,1-3H3/b24-19+. The van der Waals surface area contributed by atoms with E-state index in [-0.39, 0.29) is 26.4 Å². The molecule has 278 valence electrons. The summed E-state index contributed by atoms with van der Waals surface area (Å²) in [6.45, 7) is 7.10. The van der Waals surface area contributed by atoms with Crippen LogP contribution in [0.15, 0.2) is 130 Å². The van der Waals surface area contributed by atoms with E-state index in [9.17, 15) is 4.79 Å². The molecule has 3 heterocycles.